The first-order valence-corrected chi connectivity index (χ1v) is 4.28. The third-order valence-corrected chi connectivity index (χ3v) is 2.16. The summed E-state index contributed by atoms with van der Waals surface area (Å²) in [6.07, 6.45) is 0.561. The van der Waals surface area contributed by atoms with E-state index in [1.165, 1.54) is 0 Å². The van der Waals surface area contributed by atoms with Crippen molar-refractivity contribution in [3.05, 3.63) is 12.1 Å². The van der Waals surface area contributed by atoms with E-state index in [9.17, 15) is 5.11 Å². The van der Waals surface area contributed by atoms with Crippen LogP contribution in [0, 0.1) is 0 Å². The number of nitrogen functional groups attached to an aromatic ring is 1. The van der Waals surface area contributed by atoms with Crippen molar-refractivity contribution < 1.29 is 5.11 Å². The van der Waals surface area contributed by atoms with Gasteiger partial charge in [-0.25, -0.2) is 0 Å². The van der Waals surface area contributed by atoms with Crippen molar-refractivity contribution in [1.82, 2.24) is 10.2 Å². The zero-order valence-corrected chi connectivity index (χ0v) is 7.22. The lowest BCUT2D eigenvalue weighted by molar-refractivity contribution is 0.198. The molecule has 13 heavy (non-hydrogen) atoms. The molecule has 1 aromatic rings. The van der Waals surface area contributed by atoms with E-state index in [4.69, 9.17) is 5.73 Å². The smallest absolute Gasteiger partial charge is 0.151 e. The van der Waals surface area contributed by atoms with E-state index in [1.807, 2.05) is 11.0 Å². The van der Waals surface area contributed by atoms with Crippen LogP contribution in [0.5, 0.6) is 0 Å². The highest BCUT2D eigenvalue weighted by Crippen LogP contribution is 2.17. The standard InChI is InChI=1S/C8H12N4O/c9-7-1-2-8(11-10-7)12-4-3-6(13)5-12/h1-2,6,13H,3-5H2,(H2,9,10). The van der Waals surface area contributed by atoms with Gasteiger partial charge < -0.3 is 15.7 Å². The SMILES string of the molecule is Nc1ccc(N2CCC(O)C2)nn1. The molecule has 3 N–H and O–H groups in total. The van der Waals surface area contributed by atoms with Gasteiger partial charge in [-0.05, 0) is 18.6 Å². The lowest BCUT2D eigenvalue weighted by Gasteiger charge is -2.14. The molecule has 70 valence electrons. The molecule has 0 amide bonds. The number of β-amino-alcohol motifs (C(OH)–C–C–N with tert-alkyl or cyclic N) is 1. The first-order chi connectivity index (χ1) is 6.25. The molecule has 1 aliphatic rings. The molecule has 1 aromatic heterocycles. The van der Waals surface area contributed by atoms with Gasteiger partial charge in [0.15, 0.2) is 5.82 Å². The lowest BCUT2D eigenvalue weighted by Crippen LogP contribution is -2.22. The first kappa shape index (κ1) is 8.25. The van der Waals surface area contributed by atoms with Crippen molar-refractivity contribution in [2.45, 2.75) is 12.5 Å². The van der Waals surface area contributed by atoms with E-state index >= 15 is 0 Å². The Morgan fingerprint density at radius 2 is 2.31 bits per heavy atom. The van der Waals surface area contributed by atoms with Crippen LogP contribution in [0.4, 0.5) is 11.6 Å². The Bertz CT molecular complexity index is 287. The van der Waals surface area contributed by atoms with Gasteiger partial charge >= 0.3 is 0 Å². The van der Waals surface area contributed by atoms with Crippen LogP contribution in [0.15, 0.2) is 12.1 Å². The number of aliphatic hydroxyl groups is 1. The number of hydrogen-bond donors (Lipinski definition) is 2. The Balaban J connectivity index is 2.13. The highest BCUT2D eigenvalue weighted by Gasteiger charge is 2.21. The summed E-state index contributed by atoms with van der Waals surface area (Å²) < 4.78 is 0. The molecule has 0 spiro atoms. The average Bonchev–Trinajstić information content (AvgIpc) is 2.53. The molecule has 2 heterocycles. The average molecular weight is 180 g/mol. The maximum absolute atomic E-state index is 9.30. The van der Waals surface area contributed by atoms with E-state index in [-0.39, 0.29) is 6.10 Å². The lowest BCUT2D eigenvalue weighted by atomic mass is 10.3. The highest BCUT2D eigenvalue weighted by atomic mass is 16.3. The Morgan fingerprint density at radius 3 is 2.85 bits per heavy atom. The van der Waals surface area contributed by atoms with Gasteiger partial charge in [0.05, 0.1) is 6.10 Å². The summed E-state index contributed by atoms with van der Waals surface area (Å²) in [5.41, 5.74) is 5.41. The topological polar surface area (TPSA) is 75.3 Å². The second kappa shape index (κ2) is 3.18. The van der Waals surface area contributed by atoms with Crippen LogP contribution < -0.4 is 10.6 Å². The fourth-order valence-corrected chi connectivity index (χ4v) is 1.45. The molecule has 0 saturated carbocycles. The van der Waals surface area contributed by atoms with Gasteiger partial charge in [0.25, 0.3) is 0 Å². The van der Waals surface area contributed by atoms with E-state index < -0.39 is 0 Å². The van der Waals surface area contributed by atoms with Crippen LogP contribution in [0.25, 0.3) is 0 Å². The van der Waals surface area contributed by atoms with E-state index in [0.29, 0.717) is 12.4 Å². The highest BCUT2D eigenvalue weighted by molar-refractivity contribution is 5.42. The maximum Gasteiger partial charge on any atom is 0.151 e. The van der Waals surface area contributed by atoms with E-state index in [2.05, 4.69) is 10.2 Å². The van der Waals surface area contributed by atoms with Crippen LogP contribution in [0.2, 0.25) is 0 Å². The second-order valence-electron chi connectivity index (χ2n) is 3.20. The Labute approximate surface area is 76.2 Å². The summed E-state index contributed by atoms with van der Waals surface area (Å²) in [4.78, 5) is 2.00. The van der Waals surface area contributed by atoms with Gasteiger partial charge in [0.1, 0.15) is 5.82 Å². The summed E-state index contributed by atoms with van der Waals surface area (Å²) in [6, 6.07) is 3.54. The van der Waals surface area contributed by atoms with Crippen molar-refractivity contribution in [1.29, 1.82) is 0 Å². The largest absolute Gasteiger partial charge is 0.391 e. The molecular weight excluding hydrogens is 168 g/mol. The number of rotatable bonds is 1. The first-order valence-electron chi connectivity index (χ1n) is 4.28. The fraction of sp³-hybridized carbons (Fsp3) is 0.500. The molecule has 1 atom stereocenters. The zero-order chi connectivity index (χ0) is 9.26. The molecule has 0 aromatic carbocycles. The van der Waals surface area contributed by atoms with Crippen molar-refractivity contribution >= 4 is 11.6 Å². The fourth-order valence-electron chi connectivity index (χ4n) is 1.45. The van der Waals surface area contributed by atoms with Gasteiger partial charge in [-0.3, -0.25) is 0 Å². The quantitative estimate of drug-likeness (QED) is 0.616. The number of anilines is 2. The Kier molecular flexibility index (Phi) is 2.02. The molecule has 5 nitrogen and oxygen atoms in total. The summed E-state index contributed by atoms with van der Waals surface area (Å²) >= 11 is 0. The Morgan fingerprint density at radius 1 is 1.46 bits per heavy atom. The van der Waals surface area contributed by atoms with Gasteiger partial charge in [-0.1, -0.05) is 0 Å². The molecule has 0 bridgehead atoms. The van der Waals surface area contributed by atoms with Crippen molar-refractivity contribution in [3.63, 3.8) is 0 Å². The monoisotopic (exact) mass is 180 g/mol. The second-order valence-corrected chi connectivity index (χ2v) is 3.20. The summed E-state index contributed by atoms with van der Waals surface area (Å²) in [7, 11) is 0. The summed E-state index contributed by atoms with van der Waals surface area (Å²) in [5, 5.41) is 17.0. The van der Waals surface area contributed by atoms with Crippen molar-refractivity contribution in [2.75, 3.05) is 23.7 Å². The van der Waals surface area contributed by atoms with Gasteiger partial charge in [-0.2, -0.15) is 0 Å². The molecule has 1 fully saturated rings. The van der Waals surface area contributed by atoms with Crippen LogP contribution in [0.3, 0.4) is 0 Å². The molecular formula is C8H12N4O. The molecule has 0 aliphatic carbocycles. The predicted octanol–water partition coefficient (Wildman–Crippen LogP) is -0.370. The van der Waals surface area contributed by atoms with Crippen molar-refractivity contribution in [2.24, 2.45) is 0 Å². The van der Waals surface area contributed by atoms with Crippen LogP contribution in [-0.4, -0.2) is 34.5 Å². The molecule has 0 radical (unpaired) electrons. The van der Waals surface area contributed by atoms with Crippen LogP contribution in [-0.2, 0) is 0 Å². The minimum absolute atomic E-state index is 0.237. The molecule has 1 unspecified atom stereocenters. The summed E-state index contributed by atoms with van der Waals surface area (Å²) in [6.45, 7) is 1.47. The van der Waals surface area contributed by atoms with E-state index in [1.54, 1.807) is 6.07 Å². The number of hydrogen-bond acceptors (Lipinski definition) is 5. The third kappa shape index (κ3) is 1.70. The third-order valence-electron chi connectivity index (χ3n) is 2.16. The minimum Gasteiger partial charge on any atom is -0.391 e. The van der Waals surface area contributed by atoms with Crippen LogP contribution >= 0.6 is 0 Å². The molecule has 1 saturated heterocycles. The molecule has 1 aliphatic heterocycles. The molecule has 2 rings (SSSR count). The van der Waals surface area contributed by atoms with Gasteiger partial charge in [-0.15, -0.1) is 10.2 Å². The zero-order valence-electron chi connectivity index (χ0n) is 7.22. The number of nitrogens with two attached hydrogens (primary N) is 1. The van der Waals surface area contributed by atoms with Gasteiger partial charge in [0, 0.05) is 13.1 Å². The van der Waals surface area contributed by atoms with Gasteiger partial charge in [0.2, 0.25) is 0 Å². The maximum atomic E-state index is 9.30. The van der Waals surface area contributed by atoms with E-state index in [0.717, 1.165) is 18.8 Å². The van der Waals surface area contributed by atoms with Crippen molar-refractivity contribution in [3.8, 4) is 0 Å². The normalized spacial score (nSPS) is 22.2. The number of nitrogens with zero attached hydrogens (tertiary/aromatic N) is 3. The predicted molar refractivity (Wildman–Crippen MR) is 49.3 cm³/mol. The minimum atomic E-state index is -0.237. The number of aromatic nitrogens is 2. The summed E-state index contributed by atoms with van der Waals surface area (Å²) in [5.74, 6) is 1.20. The number of aliphatic hydroxyl groups excluding tert-OH is 1. The van der Waals surface area contributed by atoms with Crippen LogP contribution in [0.1, 0.15) is 6.42 Å². The Hall–Kier alpha value is -1.36. The molecule has 5 heteroatoms.